The van der Waals surface area contributed by atoms with Crippen LogP contribution in [0.15, 0.2) is 34.9 Å². The van der Waals surface area contributed by atoms with E-state index in [4.69, 9.17) is 4.42 Å². The molecule has 24 heavy (non-hydrogen) atoms. The van der Waals surface area contributed by atoms with E-state index in [-0.39, 0.29) is 31.7 Å². The van der Waals surface area contributed by atoms with Gasteiger partial charge in [-0.25, -0.2) is 0 Å². The normalized spacial score (nSPS) is 24.0. The molecule has 2 aliphatic rings. The Bertz CT molecular complexity index is 899. The molecule has 7 nitrogen and oxygen atoms in total. The number of carbonyl (C=O) groups is 4. The molecule has 2 aliphatic heterocycles. The number of nitrogens with one attached hydrogen (secondary N) is 1. The van der Waals surface area contributed by atoms with Gasteiger partial charge in [0.2, 0.25) is 17.7 Å². The molecule has 0 saturated carbocycles. The summed E-state index contributed by atoms with van der Waals surface area (Å²) >= 11 is 0. The minimum absolute atomic E-state index is 0.0106. The zero-order chi connectivity index (χ0) is 16.9. The first kappa shape index (κ1) is 14.6. The van der Waals surface area contributed by atoms with Gasteiger partial charge in [-0.05, 0) is 12.5 Å². The number of benzene rings is 1. The van der Waals surface area contributed by atoms with Crippen molar-refractivity contribution in [2.45, 2.75) is 19.3 Å². The maximum atomic E-state index is 12.8. The van der Waals surface area contributed by atoms with Crippen LogP contribution in [0.25, 0.3) is 11.0 Å². The number of fused-ring (bicyclic) bond motifs is 1. The number of hydrogen-bond donors (Lipinski definition) is 1. The lowest BCUT2D eigenvalue weighted by molar-refractivity contribution is -0.142. The molecule has 1 aromatic heterocycles. The molecule has 3 heterocycles. The van der Waals surface area contributed by atoms with Crippen molar-refractivity contribution in [1.82, 2.24) is 10.2 Å². The molecule has 1 N–H and O–H groups in total. The first-order chi connectivity index (χ1) is 11.5. The predicted molar refractivity (Wildman–Crippen MR) is 81.7 cm³/mol. The van der Waals surface area contributed by atoms with Crippen LogP contribution in [0.4, 0.5) is 0 Å². The zero-order valence-corrected chi connectivity index (χ0v) is 12.7. The molecule has 0 radical (unpaired) electrons. The van der Waals surface area contributed by atoms with Crippen LogP contribution in [-0.2, 0) is 14.4 Å². The van der Waals surface area contributed by atoms with Crippen LogP contribution in [0.3, 0.4) is 0 Å². The van der Waals surface area contributed by atoms with Gasteiger partial charge >= 0.3 is 0 Å². The standard InChI is InChI=1S/C17H14N2O5/c20-13-5-6-17(16(23)18-13)7-14(21)19(9-17)15(22)11-8-24-12-4-2-1-3-10(11)12/h1-4,8H,5-7,9H2,(H,18,20,23). The molecule has 2 aromatic rings. The molecule has 1 aromatic carbocycles. The van der Waals surface area contributed by atoms with E-state index >= 15 is 0 Å². The lowest BCUT2D eigenvalue weighted by atomic mass is 9.79. The van der Waals surface area contributed by atoms with Crippen LogP contribution in [-0.4, -0.2) is 35.1 Å². The first-order valence-electron chi connectivity index (χ1n) is 7.65. The molecule has 1 unspecified atom stereocenters. The van der Waals surface area contributed by atoms with E-state index in [0.717, 1.165) is 4.90 Å². The molecule has 4 rings (SSSR count). The van der Waals surface area contributed by atoms with Gasteiger partial charge in [-0.15, -0.1) is 0 Å². The molecule has 2 fully saturated rings. The molecule has 1 spiro atoms. The summed E-state index contributed by atoms with van der Waals surface area (Å²) in [5.41, 5.74) is -0.147. The van der Waals surface area contributed by atoms with Crippen molar-refractivity contribution in [1.29, 1.82) is 0 Å². The van der Waals surface area contributed by atoms with Crippen molar-refractivity contribution < 1.29 is 23.6 Å². The van der Waals surface area contributed by atoms with Gasteiger partial charge in [0.1, 0.15) is 11.8 Å². The lowest BCUT2D eigenvalue weighted by Crippen LogP contribution is -2.50. The highest BCUT2D eigenvalue weighted by Gasteiger charge is 2.53. The minimum Gasteiger partial charge on any atom is -0.463 e. The molecular weight excluding hydrogens is 312 g/mol. The molecule has 0 aliphatic carbocycles. The van der Waals surface area contributed by atoms with Gasteiger partial charge < -0.3 is 4.42 Å². The Balaban J connectivity index is 1.65. The van der Waals surface area contributed by atoms with Crippen LogP contribution in [0, 0.1) is 5.41 Å². The van der Waals surface area contributed by atoms with Crippen molar-refractivity contribution >= 4 is 34.6 Å². The largest absolute Gasteiger partial charge is 0.463 e. The van der Waals surface area contributed by atoms with Gasteiger partial charge in [-0.1, -0.05) is 18.2 Å². The number of furan rings is 1. The number of rotatable bonds is 1. The highest BCUT2D eigenvalue weighted by atomic mass is 16.3. The second-order valence-electron chi connectivity index (χ2n) is 6.26. The van der Waals surface area contributed by atoms with Gasteiger partial charge in [-0.2, -0.15) is 0 Å². The van der Waals surface area contributed by atoms with E-state index in [9.17, 15) is 19.2 Å². The molecule has 7 heteroatoms. The summed E-state index contributed by atoms with van der Waals surface area (Å²) in [5.74, 6) is -1.70. The fourth-order valence-corrected chi connectivity index (χ4v) is 3.41. The van der Waals surface area contributed by atoms with E-state index in [1.54, 1.807) is 24.3 Å². The number of amides is 4. The van der Waals surface area contributed by atoms with Gasteiger partial charge in [0.25, 0.3) is 5.91 Å². The minimum atomic E-state index is -1.000. The Morgan fingerprint density at radius 1 is 1.21 bits per heavy atom. The van der Waals surface area contributed by atoms with Gasteiger partial charge in [0, 0.05) is 24.8 Å². The highest BCUT2D eigenvalue weighted by molar-refractivity contribution is 6.14. The topological polar surface area (TPSA) is 96.7 Å². The van der Waals surface area contributed by atoms with E-state index in [2.05, 4.69) is 5.32 Å². The molecular formula is C17H14N2O5. The number of imide groups is 2. The van der Waals surface area contributed by atoms with Crippen molar-refractivity contribution in [3.8, 4) is 0 Å². The zero-order valence-electron chi connectivity index (χ0n) is 12.7. The van der Waals surface area contributed by atoms with E-state index < -0.39 is 23.1 Å². The maximum absolute atomic E-state index is 12.8. The second kappa shape index (κ2) is 5.02. The summed E-state index contributed by atoms with van der Waals surface area (Å²) in [6, 6.07) is 7.05. The second-order valence-corrected chi connectivity index (χ2v) is 6.26. The molecule has 122 valence electrons. The number of likely N-dealkylation sites (tertiary alicyclic amines) is 1. The molecule has 0 bridgehead atoms. The third-order valence-corrected chi connectivity index (χ3v) is 4.77. The summed E-state index contributed by atoms with van der Waals surface area (Å²) < 4.78 is 5.35. The van der Waals surface area contributed by atoms with Crippen LogP contribution >= 0.6 is 0 Å². The van der Waals surface area contributed by atoms with E-state index in [1.165, 1.54) is 6.26 Å². The summed E-state index contributed by atoms with van der Waals surface area (Å²) in [4.78, 5) is 49.8. The Labute approximate surface area is 136 Å². The molecule has 1 atom stereocenters. The summed E-state index contributed by atoms with van der Waals surface area (Å²) in [6.07, 6.45) is 1.72. The lowest BCUT2D eigenvalue weighted by Gasteiger charge is -2.30. The van der Waals surface area contributed by atoms with Gasteiger partial charge in [0.05, 0.1) is 11.0 Å². The smallest absolute Gasteiger partial charge is 0.264 e. The van der Waals surface area contributed by atoms with Gasteiger partial charge in [0.15, 0.2) is 0 Å². The van der Waals surface area contributed by atoms with Crippen LogP contribution in [0.2, 0.25) is 0 Å². The third kappa shape index (κ3) is 2.05. The summed E-state index contributed by atoms with van der Waals surface area (Å²) in [7, 11) is 0. The predicted octanol–water partition coefficient (Wildman–Crippen LogP) is 1.23. The Morgan fingerprint density at radius 2 is 2.00 bits per heavy atom. The molecule has 2 saturated heterocycles. The average molecular weight is 326 g/mol. The van der Waals surface area contributed by atoms with Crippen molar-refractivity contribution in [2.24, 2.45) is 5.41 Å². The van der Waals surface area contributed by atoms with Crippen LogP contribution in [0.1, 0.15) is 29.6 Å². The molecule has 4 amide bonds. The first-order valence-corrected chi connectivity index (χ1v) is 7.65. The Hall–Kier alpha value is -2.96. The van der Waals surface area contributed by atoms with Crippen LogP contribution in [0.5, 0.6) is 0 Å². The number of piperidine rings is 1. The fraction of sp³-hybridized carbons (Fsp3) is 0.294. The van der Waals surface area contributed by atoms with Gasteiger partial charge in [-0.3, -0.25) is 29.4 Å². The van der Waals surface area contributed by atoms with Crippen molar-refractivity contribution in [3.63, 3.8) is 0 Å². The maximum Gasteiger partial charge on any atom is 0.264 e. The SMILES string of the molecule is O=C1CCC2(CC(=O)N(C(=O)c3coc4ccccc34)C2)C(=O)N1. The Kier molecular flexibility index (Phi) is 3.06. The van der Waals surface area contributed by atoms with E-state index in [0.29, 0.717) is 16.5 Å². The summed E-state index contributed by atoms with van der Waals surface area (Å²) in [5, 5.41) is 2.89. The summed E-state index contributed by atoms with van der Waals surface area (Å²) in [6.45, 7) is -0.0106. The third-order valence-electron chi connectivity index (χ3n) is 4.77. The number of para-hydroxylation sites is 1. The van der Waals surface area contributed by atoms with Crippen molar-refractivity contribution in [3.05, 3.63) is 36.1 Å². The van der Waals surface area contributed by atoms with Crippen LogP contribution < -0.4 is 5.32 Å². The monoisotopic (exact) mass is 326 g/mol. The number of nitrogens with zero attached hydrogens (tertiary/aromatic N) is 1. The van der Waals surface area contributed by atoms with E-state index in [1.807, 2.05) is 0 Å². The quantitative estimate of drug-likeness (QED) is 0.795. The Morgan fingerprint density at radius 3 is 2.79 bits per heavy atom. The average Bonchev–Trinajstić information content (AvgIpc) is 3.13. The number of hydrogen-bond acceptors (Lipinski definition) is 5. The highest BCUT2D eigenvalue weighted by Crippen LogP contribution is 2.39. The fourth-order valence-electron chi connectivity index (χ4n) is 3.41. The number of carbonyl (C=O) groups excluding carboxylic acids is 4. The van der Waals surface area contributed by atoms with Crippen molar-refractivity contribution in [2.75, 3.05) is 6.54 Å².